The van der Waals surface area contributed by atoms with Crippen molar-refractivity contribution in [2.24, 2.45) is 0 Å². The monoisotopic (exact) mass is 208 g/mol. The highest BCUT2D eigenvalue weighted by Crippen LogP contribution is 2.22. The maximum atomic E-state index is 5.30. The van der Waals surface area contributed by atoms with Gasteiger partial charge >= 0.3 is 0 Å². The van der Waals surface area contributed by atoms with E-state index in [4.69, 9.17) is 6.42 Å². The minimum atomic E-state index is 0.961. The molecule has 0 aliphatic heterocycles. The zero-order valence-corrected chi connectivity index (χ0v) is 8.20. The molecular weight excluding hydrogens is 200 g/mol. The number of halogens is 1. The van der Waals surface area contributed by atoms with Crippen LogP contribution in [-0.2, 0) is 0 Å². The van der Waals surface area contributed by atoms with Gasteiger partial charge in [-0.05, 0) is 31.0 Å². The first-order valence-electron chi connectivity index (χ1n) is 3.39. The van der Waals surface area contributed by atoms with Crippen LogP contribution in [-0.4, -0.2) is 0 Å². The highest BCUT2D eigenvalue weighted by molar-refractivity contribution is 9.10. The molecule has 56 valence electrons. The van der Waals surface area contributed by atoms with E-state index in [9.17, 15) is 0 Å². The third-order valence-electron chi connectivity index (χ3n) is 1.73. The van der Waals surface area contributed by atoms with Crippen molar-refractivity contribution < 1.29 is 0 Å². The predicted molar refractivity (Wildman–Crippen MR) is 51.6 cm³/mol. The molecule has 0 amide bonds. The first kappa shape index (κ1) is 8.36. The van der Waals surface area contributed by atoms with Crippen molar-refractivity contribution in [3.63, 3.8) is 0 Å². The largest absolute Gasteiger partial charge is 0.115 e. The summed E-state index contributed by atoms with van der Waals surface area (Å²) in [5.74, 6) is 2.63. The Kier molecular flexibility index (Phi) is 2.36. The molecule has 0 atom stereocenters. The Bertz CT molecular complexity index is 318. The number of hydrogen-bond acceptors (Lipinski definition) is 0. The molecule has 0 aromatic heterocycles. The molecular formula is C10H9Br. The fourth-order valence-corrected chi connectivity index (χ4v) is 1.32. The van der Waals surface area contributed by atoms with Crippen LogP contribution in [0.4, 0.5) is 0 Å². The van der Waals surface area contributed by atoms with Crippen molar-refractivity contribution in [3.05, 3.63) is 33.3 Å². The highest BCUT2D eigenvalue weighted by Gasteiger charge is 2.01. The first-order chi connectivity index (χ1) is 5.16. The lowest BCUT2D eigenvalue weighted by Crippen LogP contribution is -1.86. The lowest BCUT2D eigenvalue weighted by Gasteiger charge is -2.03. The predicted octanol–water partition coefficient (Wildman–Crippen LogP) is 3.05. The summed E-state index contributed by atoms with van der Waals surface area (Å²) < 4.78 is 1.12. The molecule has 1 rings (SSSR count). The van der Waals surface area contributed by atoms with Gasteiger partial charge in [0.25, 0.3) is 0 Å². The summed E-state index contributed by atoms with van der Waals surface area (Å²) >= 11 is 3.48. The molecule has 0 saturated carbocycles. The van der Waals surface area contributed by atoms with Gasteiger partial charge < -0.3 is 0 Å². The van der Waals surface area contributed by atoms with Crippen molar-refractivity contribution in [3.8, 4) is 12.3 Å². The molecule has 1 heteroatoms. The van der Waals surface area contributed by atoms with Gasteiger partial charge in [0.15, 0.2) is 0 Å². The van der Waals surface area contributed by atoms with Crippen molar-refractivity contribution in [2.75, 3.05) is 0 Å². The quantitative estimate of drug-likeness (QED) is 0.576. The van der Waals surface area contributed by atoms with Gasteiger partial charge in [-0.1, -0.05) is 27.9 Å². The van der Waals surface area contributed by atoms with E-state index < -0.39 is 0 Å². The molecule has 0 unspecified atom stereocenters. The molecule has 0 nitrogen and oxygen atoms in total. The lowest BCUT2D eigenvalue weighted by atomic mass is 10.1. The van der Waals surface area contributed by atoms with E-state index in [1.165, 1.54) is 5.56 Å². The Morgan fingerprint density at radius 2 is 2.00 bits per heavy atom. The molecule has 1 aromatic carbocycles. The van der Waals surface area contributed by atoms with E-state index in [0.717, 1.165) is 15.6 Å². The van der Waals surface area contributed by atoms with Crippen LogP contribution in [0.3, 0.4) is 0 Å². The normalized spacial score (nSPS) is 9.27. The van der Waals surface area contributed by atoms with Gasteiger partial charge in [-0.25, -0.2) is 0 Å². The molecule has 0 N–H and O–H groups in total. The smallest absolute Gasteiger partial charge is 0.0283 e. The summed E-state index contributed by atoms with van der Waals surface area (Å²) in [6.45, 7) is 4.07. The summed E-state index contributed by atoms with van der Waals surface area (Å²) in [6, 6.07) is 3.99. The molecule has 0 heterocycles. The van der Waals surface area contributed by atoms with Crippen LogP contribution in [0.5, 0.6) is 0 Å². The maximum Gasteiger partial charge on any atom is 0.0283 e. The van der Waals surface area contributed by atoms with Crippen LogP contribution in [0.2, 0.25) is 0 Å². The minimum Gasteiger partial charge on any atom is -0.115 e. The Balaban J connectivity index is 3.40. The zero-order chi connectivity index (χ0) is 8.43. The Morgan fingerprint density at radius 3 is 2.55 bits per heavy atom. The molecule has 1 aromatic rings. The van der Waals surface area contributed by atoms with Gasteiger partial charge in [0.1, 0.15) is 0 Å². The summed E-state index contributed by atoms with van der Waals surface area (Å²) in [5.41, 5.74) is 3.33. The first-order valence-corrected chi connectivity index (χ1v) is 4.18. The van der Waals surface area contributed by atoms with Crippen molar-refractivity contribution in [1.29, 1.82) is 0 Å². The van der Waals surface area contributed by atoms with E-state index in [1.807, 2.05) is 19.1 Å². The number of hydrogen-bond donors (Lipinski definition) is 0. The number of aryl methyl sites for hydroxylation is 1. The second kappa shape index (κ2) is 3.11. The molecule has 0 aliphatic rings. The van der Waals surface area contributed by atoms with Crippen LogP contribution in [0, 0.1) is 26.2 Å². The van der Waals surface area contributed by atoms with Crippen molar-refractivity contribution in [2.45, 2.75) is 13.8 Å². The van der Waals surface area contributed by atoms with Gasteiger partial charge in [0.05, 0.1) is 0 Å². The Hall–Kier alpha value is -0.740. The SMILES string of the molecule is C#Cc1ccc(C)c(Br)c1C. The van der Waals surface area contributed by atoms with Crippen LogP contribution in [0.25, 0.3) is 0 Å². The molecule has 0 fully saturated rings. The molecule has 0 spiro atoms. The highest BCUT2D eigenvalue weighted by atomic mass is 79.9. The average Bonchev–Trinajstić information content (AvgIpc) is 2.01. The van der Waals surface area contributed by atoms with Gasteiger partial charge in [0.2, 0.25) is 0 Å². The Morgan fingerprint density at radius 1 is 1.36 bits per heavy atom. The van der Waals surface area contributed by atoms with Gasteiger partial charge in [-0.15, -0.1) is 6.42 Å². The van der Waals surface area contributed by atoms with Gasteiger partial charge in [0, 0.05) is 10.0 Å². The van der Waals surface area contributed by atoms with Crippen LogP contribution < -0.4 is 0 Å². The summed E-state index contributed by atoms with van der Waals surface area (Å²) in [5, 5.41) is 0. The van der Waals surface area contributed by atoms with E-state index in [-0.39, 0.29) is 0 Å². The molecule has 0 bridgehead atoms. The van der Waals surface area contributed by atoms with E-state index in [1.54, 1.807) is 0 Å². The average molecular weight is 209 g/mol. The van der Waals surface area contributed by atoms with Crippen LogP contribution >= 0.6 is 15.9 Å². The number of terminal acetylenes is 1. The zero-order valence-electron chi connectivity index (χ0n) is 6.61. The fraction of sp³-hybridized carbons (Fsp3) is 0.200. The van der Waals surface area contributed by atoms with Crippen molar-refractivity contribution in [1.82, 2.24) is 0 Å². The summed E-state index contributed by atoms with van der Waals surface area (Å²) in [4.78, 5) is 0. The number of rotatable bonds is 0. The molecule has 0 radical (unpaired) electrons. The third-order valence-corrected chi connectivity index (χ3v) is 2.96. The standard InChI is InChI=1S/C10H9Br/c1-4-9-6-5-7(2)10(11)8(9)3/h1,5-6H,2-3H3. The molecule has 0 aliphatic carbocycles. The van der Waals surface area contributed by atoms with Crippen molar-refractivity contribution >= 4 is 15.9 Å². The Labute approximate surface area is 75.8 Å². The summed E-state index contributed by atoms with van der Waals surface area (Å²) in [6.07, 6.45) is 5.30. The number of benzene rings is 1. The minimum absolute atomic E-state index is 0.961. The van der Waals surface area contributed by atoms with Crippen LogP contribution in [0.15, 0.2) is 16.6 Å². The third kappa shape index (κ3) is 1.46. The van der Waals surface area contributed by atoms with E-state index in [2.05, 4.69) is 28.8 Å². The second-order valence-corrected chi connectivity index (χ2v) is 3.31. The van der Waals surface area contributed by atoms with E-state index >= 15 is 0 Å². The van der Waals surface area contributed by atoms with E-state index in [0.29, 0.717) is 0 Å². The topological polar surface area (TPSA) is 0 Å². The fourth-order valence-electron chi connectivity index (χ4n) is 0.977. The summed E-state index contributed by atoms with van der Waals surface area (Å²) in [7, 11) is 0. The molecule has 11 heavy (non-hydrogen) atoms. The van der Waals surface area contributed by atoms with Gasteiger partial charge in [-0.2, -0.15) is 0 Å². The lowest BCUT2D eigenvalue weighted by molar-refractivity contribution is 1.32. The van der Waals surface area contributed by atoms with Gasteiger partial charge in [-0.3, -0.25) is 0 Å². The van der Waals surface area contributed by atoms with Crippen LogP contribution in [0.1, 0.15) is 16.7 Å². The molecule has 0 saturated heterocycles. The second-order valence-electron chi connectivity index (χ2n) is 2.51. The maximum absolute atomic E-state index is 5.30.